The van der Waals surface area contributed by atoms with Crippen LogP contribution in [0.5, 0.6) is 0 Å². The maximum absolute atomic E-state index is 4.93. The largest absolute Gasteiger partial charge is 0.365 e. The lowest BCUT2D eigenvalue weighted by atomic mass is 10.0. The van der Waals surface area contributed by atoms with Crippen LogP contribution in [0.25, 0.3) is 27.8 Å². The fourth-order valence-electron chi connectivity index (χ4n) is 3.69. The molecule has 5 nitrogen and oxygen atoms in total. The molecule has 148 valence electrons. The van der Waals surface area contributed by atoms with Crippen LogP contribution in [0.2, 0.25) is 0 Å². The van der Waals surface area contributed by atoms with Gasteiger partial charge in [0, 0.05) is 17.5 Å². The summed E-state index contributed by atoms with van der Waals surface area (Å²) in [6, 6.07) is 27.0. The number of anilines is 1. The molecule has 0 radical (unpaired) electrons. The Kier molecular flexibility index (Phi) is 4.64. The van der Waals surface area contributed by atoms with E-state index in [-0.39, 0.29) is 0 Å². The van der Waals surface area contributed by atoms with E-state index >= 15 is 0 Å². The molecule has 0 bridgehead atoms. The Labute approximate surface area is 175 Å². The van der Waals surface area contributed by atoms with E-state index in [1.165, 1.54) is 11.1 Å². The quantitative estimate of drug-likeness (QED) is 0.417. The van der Waals surface area contributed by atoms with E-state index in [4.69, 9.17) is 4.98 Å². The minimum atomic E-state index is 0.533. The Hall–Kier alpha value is -3.73. The first-order valence-corrected chi connectivity index (χ1v) is 10.2. The maximum Gasteiger partial charge on any atom is 0.186 e. The van der Waals surface area contributed by atoms with Crippen LogP contribution in [0.1, 0.15) is 30.9 Å². The normalized spacial score (nSPS) is 11.4. The average molecular weight is 393 g/mol. The van der Waals surface area contributed by atoms with Gasteiger partial charge in [-0.2, -0.15) is 4.52 Å². The molecule has 0 saturated carbocycles. The van der Waals surface area contributed by atoms with Crippen molar-refractivity contribution in [2.75, 3.05) is 5.32 Å². The van der Waals surface area contributed by atoms with Crippen LogP contribution in [-0.4, -0.2) is 19.8 Å². The van der Waals surface area contributed by atoms with E-state index in [2.05, 4.69) is 65.9 Å². The van der Waals surface area contributed by atoms with Crippen LogP contribution in [0, 0.1) is 0 Å². The van der Waals surface area contributed by atoms with E-state index < -0.39 is 0 Å². The summed E-state index contributed by atoms with van der Waals surface area (Å²) < 4.78 is 1.82. The summed E-state index contributed by atoms with van der Waals surface area (Å²) in [6.45, 7) is 5.12. The highest BCUT2D eigenvalue weighted by atomic mass is 15.4. The summed E-state index contributed by atoms with van der Waals surface area (Å²) in [7, 11) is 0. The second-order valence-corrected chi connectivity index (χ2v) is 7.77. The molecule has 0 aliphatic carbocycles. The molecule has 5 aromatic rings. The molecule has 0 unspecified atom stereocenters. The van der Waals surface area contributed by atoms with Gasteiger partial charge in [-0.3, -0.25) is 0 Å². The number of aromatic nitrogens is 4. The number of para-hydroxylation sites is 1. The van der Waals surface area contributed by atoms with Gasteiger partial charge in [-0.15, -0.1) is 5.10 Å². The highest BCUT2D eigenvalue weighted by Crippen LogP contribution is 2.28. The number of hydrogen-bond acceptors (Lipinski definition) is 4. The Balaban J connectivity index is 1.56. The predicted octanol–water partition coefficient (Wildman–Crippen LogP) is 5.68. The van der Waals surface area contributed by atoms with Crippen LogP contribution in [0.15, 0.2) is 78.9 Å². The highest BCUT2D eigenvalue weighted by Gasteiger charge is 2.15. The Morgan fingerprint density at radius 2 is 1.60 bits per heavy atom. The third kappa shape index (κ3) is 3.28. The molecule has 5 rings (SSSR count). The molecule has 0 aliphatic rings. The summed E-state index contributed by atoms with van der Waals surface area (Å²) in [4.78, 5) is 4.93. The Morgan fingerprint density at radius 1 is 0.867 bits per heavy atom. The van der Waals surface area contributed by atoms with Crippen molar-refractivity contribution in [2.45, 2.75) is 26.3 Å². The van der Waals surface area contributed by atoms with Crippen molar-refractivity contribution in [2.24, 2.45) is 0 Å². The number of hydrogen-bond donors (Lipinski definition) is 1. The zero-order valence-corrected chi connectivity index (χ0v) is 17.1. The van der Waals surface area contributed by atoms with Crippen LogP contribution in [-0.2, 0) is 6.54 Å². The number of nitrogens with one attached hydrogen (secondary N) is 1. The van der Waals surface area contributed by atoms with Gasteiger partial charge in [-0.1, -0.05) is 85.8 Å². The second kappa shape index (κ2) is 7.59. The SMILES string of the molecule is CC(C)c1ccc(CNc2nc3c(-c4ccccc4)nnn3c3ccccc23)cc1. The van der Waals surface area contributed by atoms with Crippen LogP contribution >= 0.6 is 0 Å². The third-order valence-electron chi connectivity index (χ3n) is 5.41. The fourth-order valence-corrected chi connectivity index (χ4v) is 3.69. The summed E-state index contributed by atoms with van der Waals surface area (Å²) in [6.07, 6.45) is 0. The standard InChI is InChI=1S/C25H23N5/c1-17(2)19-14-12-18(13-15-19)16-26-24-21-10-6-7-11-22(21)30-25(27-24)23(28-29-30)20-8-4-3-5-9-20/h3-15,17H,16H2,1-2H3,(H,26,27). The van der Waals surface area contributed by atoms with Crippen molar-refractivity contribution in [1.82, 2.24) is 19.8 Å². The lowest BCUT2D eigenvalue weighted by Gasteiger charge is -2.11. The van der Waals surface area contributed by atoms with Crippen molar-refractivity contribution in [3.05, 3.63) is 90.0 Å². The smallest absolute Gasteiger partial charge is 0.186 e. The minimum Gasteiger partial charge on any atom is -0.365 e. The van der Waals surface area contributed by atoms with Gasteiger partial charge in [0.15, 0.2) is 5.65 Å². The van der Waals surface area contributed by atoms with E-state index in [0.717, 1.165) is 33.6 Å². The van der Waals surface area contributed by atoms with Crippen LogP contribution in [0.3, 0.4) is 0 Å². The molecule has 0 spiro atoms. The van der Waals surface area contributed by atoms with Crippen molar-refractivity contribution >= 4 is 22.4 Å². The number of fused-ring (bicyclic) bond motifs is 3. The molecule has 0 aliphatic heterocycles. The Bertz CT molecular complexity index is 1300. The average Bonchev–Trinajstić information content (AvgIpc) is 3.22. The minimum absolute atomic E-state index is 0.533. The first-order valence-electron chi connectivity index (χ1n) is 10.2. The van der Waals surface area contributed by atoms with Gasteiger partial charge in [0.2, 0.25) is 0 Å². The van der Waals surface area contributed by atoms with E-state index in [9.17, 15) is 0 Å². The summed E-state index contributed by atoms with van der Waals surface area (Å²) in [5, 5.41) is 13.4. The number of rotatable bonds is 5. The summed E-state index contributed by atoms with van der Waals surface area (Å²) in [5.41, 5.74) is 6.09. The Morgan fingerprint density at radius 3 is 2.37 bits per heavy atom. The van der Waals surface area contributed by atoms with Crippen molar-refractivity contribution < 1.29 is 0 Å². The maximum atomic E-state index is 4.93. The van der Waals surface area contributed by atoms with Gasteiger partial charge in [0.05, 0.1) is 5.52 Å². The van der Waals surface area contributed by atoms with Gasteiger partial charge in [-0.25, -0.2) is 4.98 Å². The molecular formula is C25H23N5. The molecule has 30 heavy (non-hydrogen) atoms. The topological polar surface area (TPSA) is 55.1 Å². The molecule has 0 fully saturated rings. The predicted molar refractivity (Wildman–Crippen MR) is 122 cm³/mol. The lowest BCUT2D eigenvalue weighted by Crippen LogP contribution is -2.05. The summed E-state index contributed by atoms with van der Waals surface area (Å²) >= 11 is 0. The fraction of sp³-hybridized carbons (Fsp3) is 0.160. The molecule has 0 saturated heterocycles. The monoisotopic (exact) mass is 393 g/mol. The van der Waals surface area contributed by atoms with Crippen molar-refractivity contribution in [1.29, 1.82) is 0 Å². The van der Waals surface area contributed by atoms with E-state index in [1.807, 2.05) is 47.0 Å². The molecule has 2 aromatic heterocycles. The van der Waals surface area contributed by atoms with Gasteiger partial charge in [-0.05, 0) is 29.2 Å². The second-order valence-electron chi connectivity index (χ2n) is 7.77. The first-order chi connectivity index (χ1) is 14.7. The third-order valence-corrected chi connectivity index (χ3v) is 5.41. The van der Waals surface area contributed by atoms with Crippen molar-refractivity contribution in [3.8, 4) is 11.3 Å². The molecule has 2 heterocycles. The van der Waals surface area contributed by atoms with E-state index in [1.54, 1.807) is 0 Å². The number of nitrogens with zero attached hydrogens (tertiary/aromatic N) is 4. The molecule has 1 N–H and O–H groups in total. The van der Waals surface area contributed by atoms with Gasteiger partial charge in [0.1, 0.15) is 11.5 Å². The highest BCUT2D eigenvalue weighted by molar-refractivity contribution is 5.93. The zero-order chi connectivity index (χ0) is 20.5. The van der Waals surface area contributed by atoms with Crippen molar-refractivity contribution in [3.63, 3.8) is 0 Å². The zero-order valence-electron chi connectivity index (χ0n) is 17.1. The lowest BCUT2D eigenvalue weighted by molar-refractivity contribution is 0.865. The molecule has 0 atom stereocenters. The molecular weight excluding hydrogens is 370 g/mol. The van der Waals surface area contributed by atoms with Gasteiger partial charge >= 0.3 is 0 Å². The molecule has 3 aromatic carbocycles. The molecule has 5 heteroatoms. The first kappa shape index (κ1) is 18.3. The summed E-state index contributed by atoms with van der Waals surface area (Å²) in [5.74, 6) is 1.37. The van der Waals surface area contributed by atoms with E-state index in [0.29, 0.717) is 12.5 Å². The van der Waals surface area contributed by atoms with Crippen LogP contribution in [0.4, 0.5) is 5.82 Å². The molecule has 0 amide bonds. The number of benzene rings is 3. The van der Waals surface area contributed by atoms with Gasteiger partial charge < -0.3 is 5.32 Å². The van der Waals surface area contributed by atoms with Gasteiger partial charge in [0.25, 0.3) is 0 Å². The van der Waals surface area contributed by atoms with Crippen LogP contribution < -0.4 is 5.32 Å².